The van der Waals surface area contributed by atoms with E-state index in [2.05, 4.69) is 25.1 Å². The van der Waals surface area contributed by atoms with Gasteiger partial charge in [0, 0.05) is 18.9 Å². The summed E-state index contributed by atoms with van der Waals surface area (Å²) in [5, 5.41) is 7.87. The SMILES string of the molecule is Cn1cc2c(Nc3ccc(OC(F)(F)F)cc3)ncnc2n1. The van der Waals surface area contributed by atoms with Crippen molar-refractivity contribution in [1.82, 2.24) is 19.7 Å². The largest absolute Gasteiger partial charge is 0.573 e. The number of benzene rings is 1. The van der Waals surface area contributed by atoms with Crippen LogP contribution in [0.25, 0.3) is 11.0 Å². The maximum Gasteiger partial charge on any atom is 0.573 e. The first-order valence-corrected chi connectivity index (χ1v) is 6.18. The molecule has 0 radical (unpaired) electrons. The highest BCUT2D eigenvalue weighted by Gasteiger charge is 2.30. The Labute approximate surface area is 122 Å². The maximum absolute atomic E-state index is 12.1. The third-order valence-electron chi connectivity index (χ3n) is 2.78. The molecule has 2 heterocycles. The summed E-state index contributed by atoms with van der Waals surface area (Å²) in [7, 11) is 1.76. The van der Waals surface area contributed by atoms with Crippen molar-refractivity contribution < 1.29 is 17.9 Å². The third-order valence-corrected chi connectivity index (χ3v) is 2.78. The Bertz CT molecular complexity index is 798. The van der Waals surface area contributed by atoms with E-state index in [1.165, 1.54) is 30.6 Å². The van der Waals surface area contributed by atoms with Crippen molar-refractivity contribution in [2.75, 3.05) is 5.32 Å². The highest BCUT2D eigenvalue weighted by Crippen LogP contribution is 2.26. The van der Waals surface area contributed by atoms with E-state index < -0.39 is 6.36 Å². The fourth-order valence-electron chi connectivity index (χ4n) is 1.93. The van der Waals surface area contributed by atoms with Crippen molar-refractivity contribution >= 4 is 22.5 Å². The predicted octanol–water partition coefficient (Wildman–Crippen LogP) is 3.01. The molecule has 0 spiro atoms. The summed E-state index contributed by atoms with van der Waals surface area (Å²) in [6.45, 7) is 0. The Kier molecular flexibility index (Phi) is 3.32. The van der Waals surface area contributed by atoms with Gasteiger partial charge in [-0.1, -0.05) is 0 Å². The molecule has 0 aliphatic carbocycles. The zero-order chi connectivity index (χ0) is 15.7. The molecule has 1 N–H and O–H groups in total. The van der Waals surface area contributed by atoms with Crippen LogP contribution >= 0.6 is 0 Å². The molecule has 0 atom stereocenters. The number of ether oxygens (including phenoxy) is 1. The molecule has 2 aromatic heterocycles. The standard InChI is InChI=1S/C13H10F3N5O/c1-21-6-10-11(17-7-18-12(10)20-21)19-8-2-4-9(5-3-8)22-13(14,15)16/h2-7H,1H3,(H,17,18,19,20). The van der Waals surface area contributed by atoms with E-state index in [4.69, 9.17) is 0 Å². The Morgan fingerprint density at radius 2 is 1.86 bits per heavy atom. The predicted molar refractivity (Wildman–Crippen MR) is 72.7 cm³/mol. The lowest BCUT2D eigenvalue weighted by Crippen LogP contribution is -2.16. The number of alkyl halides is 3. The number of halogens is 3. The molecule has 114 valence electrons. The molecule has 1 aromatic carbocycles. The van der Waals surface area contributed by atoms with Crippen LogP contribution in [0.2, 0.25) is 0 Å². The molecule has 0 unspecified atom stereocenters. The van der Waals surface area contributed by atoms with E-state index in [0.29, 0.717) is 22.5 Å². The second-order valence-electron chi connectivity index (χ2n) is 4.46. The van der Waals surface area contributed by atoms with E-state index in [1.54, 1.807) is 17.9 Å². The van der Waals surface area contributed by atoms with Gasteiger partial charge >= 0.3 is 6.36 Å². The topological polar surface area (TPSA) is 64.9 Å². The summed E-state index contributed by atoms with van der Waals surface area (Å²) < 4.78 is 41.7. The number of rotatable bonds is 3. The van der Waals surface area contributed by atoms with Gasteiger partial charge in [-0.25, -0.2) is 9.97 Å². The monoisotopic (exact) mass is 309 g/mol. The van der Waals surface area contributed by atoms with Crippen LogP contribution in [0.15, 0.2) is 36.8 Å². The minimum Gasteiger partial charge on any atom is -0.406 e. The van der Waals surface area contributed by atoms with Crippen molar-refractivity contribution in [3.05, 3.63) is 36.8 Å². The number of aryl methyl sites for hydroxylation is 1. The zero-order valence-corrected chi connectivity index (χ0v) is 11.3. The van der Waals surface area contributed by atoms with Crippen molar-refractivity contribution in [1.29, 1.82) is 0 Å². The zero-order valence-electron chi connectivity index (χ0n) is 11.3. The molecule has 0 aliphatic heterocycles. The molecular formula is C13H10F3N5O. The highest BCUT2D eigenvalue weighted by molar-refractivity contribution is 5.87. The van der Waals surface area contributed by atoms with Crippen LogP contribution in [0, 0.1) is 0 Å². The second kappa shape index (κ2) is 5.17. The lowest BCUT2D eigenvalue weighted by atomic mass is 10.3. The summed E-state index contributed by atoms with van der Waals surface area (Å²) in [4.78, 5) is 8.14. The quantitative estimate of drug-likeness (QED) is 0.805. The van der Waals surface area contributed by atoms with E-state index >= 15 is 0 Å². The molecule has 6 nitrogen and oxygen atoms in total. The van der Waals surface area contributed by atoms with Gasteiger partial charge in [0.1, 0.15) is 17.9 Å². The lowest BCUT2D eigenvalue weighted by molar-refractivity contribution is -0.274. The second-order valence-corrected chi connectivity index (χ2v) is 4.46. The molecule has 3 rings (SSSR count). The van der Waals surface area contributed by atoms with Gasteiger partial charge < -0.3 is 10.1 Å². The summed E-state index contributed by atoms with van der Waals surface area (Å²) in [5.74, 6) is 0.231. The van der Waals surface area contributed by atoms with Crippen molar-refractivity contribution in [2.45, 2.75) is 6.36 Å². The highest BCUT2D eigenvalue weighted by atomic mass is 19.4. The van der Waals surface area contributed by atoms with E-state index in [-0.39, 0.29) is 5.75 Å². The Morgan fingerprint density at radius 3 is 2.55 bits per heavy atom. The number of hydrogen-bond acceptors (Lipinski definition) is 5. The summed E-state index contributed by atoms with van der Waals surface area (Å²) in [6.07, 6.45) is -1.60. The van der Waals surface area contributed by atoms with E-state index in [1.807, 2.05) is 0 Å². The van der Waals surface area contributed by atoms with Crippen LogP contribution in [0.3, 0.4) is 0 Å². The summed E-state index contributed by atoms with van der Waals surface area (Å²) >= 11 is 0. The van der Waals surface area contributed by atoms with E-state index in [9.17, 15) is 13.2 Å². The third kappa shape index (κ3) is 3.08. The maximum atomic E-state index is 12.1. The lowest BCUT2D eigenvalue weighted by Gasteiger charge is -2.10. The first kappa shape index (κ1) is 14.1. The Balaban J connectivity index is 1.83. The number of nitrogens with one attached hydrogen (secondary N) is 1. The minimum absolute atomic E-state index is 0.285. The molecule has 0 fully saturated rings. The van der Waals surface area contributed by atoms with Crippen LogP contribution < -0.4 is 10.1 Å². The molecule has 0 saturated carbocycles. The number of hydrogen-bond donors (Lipinski definition) is 1. The van der Waals surface area contributed by atoms with Crippen molar-refractivity contribution in [2.24, 2.45) is 7.05 Å². The summed E-state index contributed by atoms with van der Waals surface area (Å²) in [6, 6.07) is 5.37. The van der Waals surface area contributed by atoms with Crippen LogP contribution in [0.4, 0.5) is 24.7 Å². The van der Waals surface area contributed by atoms with Crippen LogP contribution in [-0.2, 0) is 7.05 Å². The van der Waals surface area contributed by atoms with Gasteiger partial charge in [0.25, 0.3) is 0 Å². The fraction of sp³-hybridized carbons (Fsp3) is 0.154. The number of nitrogens with zero attached hydrogens (tertiary/aromatic N) is 4. The molecule has 0 amide bonds. The average molecular weight is 309 g/mol. The van der Waals surface area contributed by atoms with Crippen LogP contribution in [-0.4, -0.2) is 26.1 Å². The normalized spacial score (nSPS) is 11.6. The van der Waals surface area contributed by atoms with Gasteiger partial charge in [0.15, 0.2) is 5.65 Å². The molecule has 0 bridgehead atoms. The first-order chi connectivity index (χ1) is 10.4. The Hall–Kier alpha value is -2.84. The summed E-state index contributed by atoms with van der Waals surface area (Å²) in [5.41, 5.74) is 1.09. The van der Waals surface area contributed by atoms with Gasteiger partial charge in [-0.2, -0.15) is 5.10 Å². The van der Waals surface area contributed by atoms with Gasteiger partial charge in [-0.15, -0.1) is 13.2 Å². The Morgan fingerprint density at radius 1 is 1.14 bits per heavy atom. The van der Waals surface area contributed by atoms with Crippen molar-refractivity contribution in [3.8, 4) is 5.75 Å². The minimum atomic E-state index is -4.70. The smallest absolute Gasteiger partial charge is 0.406 e. The number of fused-ring (bicyclic) bond motifs is 1. The molecule has 22 heavy (non-hydrogen) atoms. The molecule has 0 saturated heterocycles. The average Bonchev–Trinajstić information content (AvgIpc) is 2.81. The number of aromatic nitrogens is 4. The van der Waals surface area contributed by atoms with Gasteiger partial charge in [-0.3, -0.25) is 4.68 Å². The molecule has 3 aromatic rings. The molecule has 9 heteroatoms. The molecular weight excluding hydrogens is 299 g/mol. The van der Waals surface area contributed by atoms with Crippen LogP contribution in [0.1, 0.15) is 0 Å². The van der Waals surface area contributed by atoms with Crippen molar-refractivity contribution in [3.63, 3.8) is 0 Å². The molecule has 0 aliphatic rings. The first-order valence-electron chi connectivity index (χ1n) is 6.18. The fourth-order valence-corrected chi connectivity index (χ4v) is 1.93. The van der Waals surface area contributed by atoms with Gasteiger partial charge in [0.2, 0.25) is 0 Å². The number of anilines is 2. The van der Waals surface area contributed by atoms with Gasteiger partial charge in [-0.05, 0) is 24.3 Å². The van der Waals surface area contributed by atoms with E-state index in [0.717, 1.165) is 0 Å². The van der Waals surface area contributed by atoms with Gasteiger partial charge in [0.05, 0.1) is 5.39 Å². The van der Waals surface area contributed by atoms with Crippen LogP contribution in [0.5, 0.6) is 5.75 Å².